The molecule has 0 N–H and O–H groups in total. The third-order valence-electron chi connectivity index (χ3n) is 3.23. The van der Waals surface area contributed by atoms with E-state index in [1.54, 1.807) is 13.0 Å². The number of ether oxygens (including phenoxy) is 1. The summed E-state index contributed by atoms with van der Waals surface area (Å²) >= 11 is 0. The Bertz CT molecular complexity index is 305. The number of hydrogen-bond donors (Lipinski definition) is 0. The molecule has 0 aromatic rings. The lowest BCUT2D eigenvalue weighted by molar-refractivity contribution is -0.137. The first-order valence-electron chi connectivity index (χ1n) is 6.50. The Balaban J connectivity index is 2.58. The van der Waals surface area contributed by atoms with Crippen molar-refractivity contribution in [3.8, 4) is 0 Å². The van der Waals surface area contributed by atoms with Crippen LogP contribution in [0.3, 0.4) is 0 Å². The molecule has 1 aliphatic carbocycles. The highest BCUT2D eigenvalue weighted by atomic mass is 16.5. The van der Waals surface area contributed by atoms with E-state index in [9.17, 15) is 9.59 Å². The van der Waals surface area contributed by atoms with Crippen molar-refractivity contribution in [1.82, 2.24) is 0 Å². The Morgan fingerprint density at radius 1 is 1.41 bits per heavy atom. The first-order valence-corrected chi connectivity index (χ1v) is 6.50. The number of esters is 1. The molecular weight excluding hydrogens is 216 g/mol. The van der Waals surface area contributed by atoms with Gasteiger partial charge in [-0.15, -0.1) is 0 Å². The molecule has 1 aliphatic rings. The lowest BCUT2D eigenvalue weighted by atomic mass is 9.81. The molecule has 3 heteroatoms. The second-order valence-corrected chi connectivity index (χ2v) is 4.65. The van der Waals surface area contributed by atoms with Crippen LogP contribution in [0.5, 0.6) is 0 Å². The number of hydrogen-bond acceptors (Lipinski definition) is 3. The molecule has 3 nitrogen and oxygen atoms in total. The third-order valence-corrected chi connectivity index (χ3v) is 3.23. The van der Waals surface area contributed by atoms with Crippen LogP contribution in [-0.2, 0) is 14.3 Å². The van der Waals surface area contributed by atoms with Crippen LogP contribution < -0.4 is 0 Å². The Labute approximate surface area is 103 Å². The molecule has 1 fully saturated rings. The fourth-order valence-corrected chi connectivity index (χ4v) is 2.34. The summed E-state index contributed by atoms with van der Waals surface area (Å²) in [5.74, 6) is 0.389. The lowest BCUT2D eigenvalue weighted by Crippen LogP contribution is -2.13. The van der Waals surface area contributed by atoms with Crippen LogP contribution in [0.25, 0.3) is 0 Å². The van der Waals surface area contributed by atoms with E-state index in [0.717, 1.165) is 25.7 Å². The van der Waals surface area contributed by atoms with Crippen LogP contribution in [0, 0.1) is 5.92 Å². The van der Waals surface area contributed by atoms with Gasteiger partial charge in [-0.1, -0.05) is 12.0 Å². The standard InChI is InChI=1S/C14H22O3/c1-3-17-14(16)10-13-7-5-4-6-12(13)9-8-11(2)15/h10,12H,3-9H2,1-2H3/b13-10-. The summed E-state index contributed by atoms with van der Waals surface area (Å²) in [5.41, 5.74) is 1.18. The van der Waals surface area contributed by atoms with Crippen molar-refractivity contribution in [3.05, 3.63) is 11.6 Å². The minimum Gasteiger partial charge on any atom is -0.463 e. The fourth-order valence-electron chi connectivity index (χ4n) is 2.34. The Morgan fingerprint density at radius 2 is 2.18 bits per heavy atom. The van der Waals surface area contributed by atoms with Crippen LogP contribution >= 0.6 is 0 Å². The Morgan fingerprint density at radius 3 is 2.82 bits per heavy atom. The average molecular weight is 238 g/mol. The zero-order valence-electron chi connectivity index (χ0n) is 10.8. The number of carbonyl (C=O) groups is 2. The van der Waals surface area contributed by atoms with Crippen molar-refractivity contribution in [2.75, 3.05) is 6.61 Å². The number of ketones is 1. The highest BCUT2D eigenvalue weighted by Crippen LogP contribution is 2.32. The molecule has 0 aliphatic heterocycles. The predicted molar refractivity (Wildman–Crippen MR) is 66.6 cm³/mol. The van der Waals surface area contributed by atoms with E-state index in [-0.39, 0.29) is 11.8 Å². The number of carbonyl (C=O) groups excluding carboxylic acids is 2. The van der Waals surface area contributed by atoms with Crippen molar-refractivity contribution in [3.63, 3.8) is 0 Å². The quantitative estimate of drug-likeness (QED) is 0.546. The number of rotatable bonds is 5. The topological polar surface area (TPSA) is 43.4 Å². The van der Waals surface area contributed by atoms with Crippen LogP contribution in [0.2, 0.25) is 0 Å². The van der Waals surface area contributed by atoms with Crippen molar-refractivity contribution in [2.24, 2.45) is 5.92 Å². The van der Waals surface area contributed by atoms with Gasteiger partial charge in [0, 0.05) is 12.5 Å². The summed E-state index contributed by atoms with van der Waals surface area (Å²) in [7, 11) is 0. The van der Waals surface area contributed by atoms with Crippen molar-refractivity contribution in [2.45, 2.75) is 52.4 Å². The van der Waals surface area contributed by atoms with E-state index in [2.05, 4.69) is 0 Å². The van der Waals surface area contributed by atoms with Gasteiger partial charge < -0.3 is 9.53 Å². The molecule has 0 radical (unpaired) electrons. The highest BCUT2D eigenvalue weighted by molar-refractivity contribution is 5.83. The molecule has 0 aromatic heterocycles. The van der Waals surface area contributed by atoms with E-state index in [4.69, 9.17) is 4.74 Å². The zero-order chi connectivity index (χ0) is 12.7. The van der Waals surface area contributed by atoms with Crippen LogP contribution in [0.15, 0.2) is 11.6 Å². The molecular formula is C14H22O3. The molecule has 0 spiro atoms. The molecule has 1 unspecified atom stereocenters. The van der Waals surface area contributed by atoms with Gasteiger partial charge in [0.2, 0.25) is 0 Å². The van der Waals surface area contributed by atoms with E-state index >= 15 is 0 Å². The van der Waals surface area contributed by atoms with Gasteiger partial charge in [0.25, 0.3) is 0 Å². The molecule has 0 saturated heterocycles. The smallest absolute Gasteiger partial charge is 0.330 e. The van der Waals surface area contributed by atoms with Gasteiger partial charge in [0.05, 0.1) is 6.61 Å². The second kappa shape index (κ2) is 7.25. The van der Waals surface area contributed by atoms with Crippen molar-refractivity contribution >= 4 is 11.8 Å². The van der Waals surface area contributed by atoms with Gasteiger partial charge >= 0.3 is 5.97 Å². The SMILES string of the molecule is CCOC(=O)/C=C1/CCCCC1CCC(C)=O. The van der Waals surface area contributed by atoms with Gasteiger partial charge in [-0.05, 0) is 45.4 Å². The second-order valence-electron chi connectivity index (χ2n) is 4.65. The van der Waals surface area contributed by atoms with E-state index < -0.39 is 0 Å². The highest BCUT2D eigenvalue weighted by Gasteiger charge is 2.20. The monoisotopic (exact) mass is 238 g/mol. The van der Waals surface area contributed by atoms with Crippen LogP contribution in [0.1, 0.15) is 52.4 Å². The fraction of sp³-hybridized carbons (Fsp3) is 0.714. The van der Waals surface area contributed by atoms with E-state index in [1.807, 2.05) is 6.92 Å². The maximum atomic E-state index is 11.4. The normalized spacial score (nSPS) is 22.5. The summed E-state index contributed by atoms with van der Waals surface area (Å²) in [5, 5.41) is 0. The van der Waals surface area contributed by atoms with Gasteiger partial charge in [-0.2, -0.15) is 0 Å². The van der Waals surface area contributed by atoms with Crippen molar-refractivity contribution < 1.29 is 14.3 Å². The van der Waals surface area contributed by atoms with Crippen molar-refractivity contribution in [1.29, 1.82) is 0 Å². The molecule has 17 heavy (non-hydrogen) atoms. The van der Waals surface area contributed by atoms with Crippen LogP contribution in [-0.4, -0.2) is 18.4 Å². The lowest BCUT2D eigenvalue weighted by Gasteiger charge is -2.24. The molecule has 96 valence electrons. The predicted octanol–water partition coefficient (Wildman–Crippen LogP) is 3.04. The zero-order valence-corrected chi connectivity index (χ0v) is 10.8. The summed E-state index contributed by atoms with van der Waals surface area (Å²) in [6.45, 7) is 3.85. The number of allylic oxidation sites excluding steroid dienone is 1. The molecule has 0 aromatic carbocycles. The van der Waals surface area contributed by atoms with Gasteiger partial charge in [0.15, 0.2) is 0 Å². The molecule has 0 bridgehead atoms. The maximum absolute atomic E-state index is 11.4. The van der Waals surface area contributed by atoms with Crippen LogP contribution in [0.4, 0.5) is 0 Å². The minimum absolute atomic E-state index is 0.228. The molecule has 1 atom stereocenters. The van der Waals surface area contributed by atoms with Gasteiger partial charge in [0.1, 0.15) is 5.78 Å². The van der Waals surface area contributed by atoms with E-state index in [1.165, 1.54) is 12.0 Å². The first-order chi connectivity index (χ1) is 8.13. The Kier molecular flexibility index (Phi) is 5.95. The first kappa shape index (κ1) is 13.9. The summed E-state index contributed by atoms with van der Waals surface area (Å²) in [6, 6.07) is 0. The third kappa shape index (κ3) is 5.16. The van der Waals surface area contributed by atoms with Gasteiger partial charge in [-0.25, -0.2) is 4.79 Å². The summed E-state index contributed by atoms with van der Waals surface area (Å²) < 4.78 is 4.94. The number of Topliss-reactive ketones (excluding diaryl/α,β-unsaturated/α-hetero) is 1. The summed E-state index contributed by atoms with van der Waals surface area (Å²) in [6.07, 6.45) is 7.54. The molecule has 1 saturated carbocycles. The van der Waals surface area contributed by atoms with Gasteiger partial charge in [-0.3, -0.25) is 0 Å². The maximum Gasteiger partial charge on any atom is 0.330 e. The molecule has 1 rings (SSSR count). The molecule has 0 heterocycles. The minimum atomic E-state index is -0.239. The largest absolute Gasteiger partial charge is 0.463 e. The summed E-state index contributed by atoms with van der Waals surface area (Å²) in [4.78, 5) is 22.4. The molecule has 0 amide bonds. The van der Waals surface area contributed by atoms with E-state index in [0.29, 0.717) is 18.9 Å². The Hall–Kier alpha value is -1.12. The average Bonchev–Trinajstić information content (AvgIpc) is 2.28.